The van der Waals surface area contributed by atoms with Gasteiger partial charge in [0.05, 0.1) is 13.3 Å². The Hall–Kier alpha value is -5.36. The zero-order chi connectivity index (χ0) is 32.6. The molecule has 0 aliphatic rings. The number of rotatable bonds is 12. The maximum Gasteiger partial charge on any atom is 0.307 e. The van der Waals surface area contributed by atoms with Crippen molar-refractivity contribution in [2.45, 2.75) is 20.5 Å². The van der Waals surface area contributed by atoms with Crippen molar-refractivity contribution in [1.82, 2.24) is 9.99 Å². The van der Waals surface area contributed by atoms with Gasteiger partial charge in [-0.1, -0.05) is 22.0 Å². The minimum Gasteiger partial charge on any atom is -0.493 e. The monoisotopic (exact) mass is 688 g/mol. The number of carbonyl (C=O) groups is 2. The van der Waals surface area contributed by atoms with E-state index in [2.05, 4.69) is 62.3 Å². The average Bonchev–Trinajstić information content (AvgIpc) is 3.65. The summed E-state index contributed by atoms with van der Waals surface area (Å²) in [5, 5.41) is 6.59. The molecular weight excluding hydrogens is 659 g/mol. The summed E-state index contributed by atoms with van der Waals surface area (Å²) >= 11 is 3.40. The molecule has 2 heterocycles. The molecule has 5 aromatic rings. The third kappa shape index (κ3) is 8.02. The molecule has 236 valence electrons. The second-order valence-electron chi connectivity index (χ2n) is 10.1. The lowest BCUT2D eigenvalue weighted by Gasteiger charge is -2.14. The fraction of sp³-hybridized carbons (Fsp3) is 0.147. The number of benzene rings is 3. The van der Waals surface area contributed by atoms with Crippen molar-refractivity contribution in [3.8, 4) is 22.9 Å². The van der Waals surface area contributed by atoms with Crippen LogP contribution in [-0.2, 0) is 11.4 Å². The SMILES string of the molecule is COc1cc(Br)cc(C=NNC(=O)c2ccc(COc3ccc(-n4c(C)ccc4C)cc3)o2)c1OCC(=O)Nc1cccc(F)c1. The first-order valence-electron chi connectivity index (χ1n) is 14.1. The summed E-state index contributed by atoms with van der Waals surface area (Å²) in [7, 11) is 1.45. The summed E-state index contributed by atoms with van der Waals surface area (Å²) in [6, 6.07) is 23.9. The maximum absolute atomic E-state index is 13.4. The Morgan fingerprint density at radius 3 is 2.46 bits per heavy atom. The van der Waals surface area contributed by atoms with E-state index in [4.69, 9.17) is 18.6 Å². The molecule has 5 rings (SSSR count). The third-order valence-electron chi connectivity index (χ3n) is 6.73. The number of furan rings is 1. The molecule has 0 fully saturated rings. The molecule has 2 amide bonds. The second-order valence-corrected chi connectivity index (χ2v) is 11.0. The molecule has 10 nitrogen and oxygen atoms in total. The second kappa shape index (κ2) is 14.6. The van der Waals surface area contributed by atoms with E-state index in [9.17, 15) is 14.0 Å². The smallest absolute Gasteiger partial charge is 0.307 e. The van der Waals surface area contributed by atoms with Crippen molar-refractivity contribution in [2.75, 3.05) is 19.0 Å². The molecule has 0 saturated carbocycles. The fourth-order valence-electron chi connectivity index (χ4n) is 4.61. The molecule has 0 bridgehead atoms. The van der Waals surface area contributed by atoms with Crippen LogP contribution >= 0.6 is 15.9 Å². The number of methoxy groups -OCH3 is 1. The number of halogens is 2. The van der Waals surface area contributed by atoms with Crippen LogP contribution in [-0.4, -0.2) is 36.3 Å². The number of anilines is 1. The van der Waals surface area contributed by atoms with Gasteiger partial charge < -0.3 is 28.5 Å². The third-order valence-corrected chi connectivity index (χ3v) is 7.18. The van der Waals surface area contributed by atoms with Crippen molar-refractivity contribution in [1.29, 1.82) is 0 Å². The largest absolute Gasteiger partial charge is 0.493 e. The molecular formula is C34H30BrFN4O6. The highest BCUT2D eigenvalue weighted by atomic mass is 79.9. The van der Waals surface area contributed by atoms with Crippen LogP contribution in [0.2, 0.25) is 0 Å². The summed E-state index contributed by atoms with van der Waals surface area (Å²) in [6.07, 6.45) is 1.35. The van der Waals surface area contributed by atoms with Gasteiger partial charge in [-0.05, 0) is 92.7 Å². The standard InChI is InChI=1S/C34H30BrFN4O6/c1-21-7-8-22(2)40(21)27-9-11-28(12-10-27)44-19-29-13-14-30(46-29)34(42)39-37-18-23-15-24(35)16-31(43-3)33(23)45-20-32(41)38-26-6-4-5-25(36)17-26/h4-18H,19-20H2,1-3H3,(H,38,41)(H,39,42). The van der Waals surface area contributed by atoms with Gasteiger partial charge in [-0.3, -0.25) is 9.59 Å². The lowest BCUT2D eigenvalue weighted by Crippen LogP contribution is -2.21. The predicted octanol–water partition coefficient (Wildman–Crippen LogP) is 6.96. The molecule has 0 unspecified atom stereocenters. The highest BCUT2D eigenvalue weighted by molar-refractivity contribution is 9.10. The number of aryl methyl sites for hydroxylation is 2. The van der Waals surface area contributed by atoms with Gasteiger partial charge in [0.1, 0.15) is 23.9 Å². The number of ether oxygens (including phenoxy) is 3. The van der Waals surface area contributed by atoms with Gasteiger partial charge in [-0.2, -0.15) is 5.10 Å². The van der Waals surface area contributed by atoms with E-state index in [-0.39, 0.29) is 18.1 Å². The van der Waals surface area contributed by atoms with Crippen LogP contribution in [0.1, 0.15) is 33.3 Å². The van der Waals surface area contributed by atoms with Gasteiger partial charge in [-0.15, -0.1) is 0 Å². The van der Waals surface area contributed by atoms with Crippen molar-refractivity contribution in [3.05, 3.63) is 124 Å². The first kappa shape index (κ1) is 32.0. The summed E-state index contributed by atoms with van der Waals surface area (Å²) in [4.78, 5) is 25.1. The Kier molecular flexibility index (Phi) is 10.2. The summed E-state index contributed by atoms with van der Waals surface area (Å²) in [5.41, 5.74) is 6.44. The van der Waals surface area contributed by atoms with E-state index >= 15 is 0 Å². The molecule has 12 heteroatoms. The van der Waals surface area contributed by atoms with Crippen LogP contribution in [0.3, 0.4) is 0 Å². The van der Waals surface area contributed by atoms with Crippen LogP contribution in [0.4, 0.5) is 10.1 Å². The highest BCUT2D eigenvalue weighted by Gasteiger charge is 2.15. The number of hydrogen-bond donors (Lipinski definition) is 2. The molecule has 46 heavy (non-hydrogen) atoms. The lowest BCUT2D eigenvalue weighted by molar-refractivity contribution is -0.118. The summed E-state index contributed by atoms with van der Waals surface area (Å²) in [5.74, 6) is 0.121. The predicted molar refractivity (Wildman–Crippen MR) is 175 cm³/mol. The zero-order valence-electron chi connectivity index (χ0n) is 25.2. The molecule has 2 N–H and O–H groups in total. The number of aromatic nitrogens is 1. The van der Waals surface area contributed by atoms with Crippen LogP contribution in [0.25, 0.3) is 5.69 Å². The fourth-order valence-corrected chi connectivity index (χ4v) is 5.06. The first-order valence-corrected chi connectivity index (χ1v) is 14.9. The normalized spacial score (nSPS) is 11.0. The van der Waals surface area contributed by atoms with Crippen molar-refractivity contribution in [3.63, 3.8) is 0 Å². The van der Waals surface area contributed by atoms with E-state index in [1.54, 1.807) is 24.3 Å². The molecule has 2 aromatic heterocycles. The Labute approximate surface area is 272 Å². The van der Waals surface area contributed by atoms with E-state index in [0.717, 1.165) is 17.1 Å². The van der Waals surface area contributed by atoms with Gasteiger partial charge in [0.15, 0.2) is 23.9 Å². The number of hydrazone groups is 1. The Morgan fingerprint density at radius 2 is 1.74 bits per heavy atom. The molecule has 0 saturated heterocycles. The van der Waals surface area contributed by atoms with Crippen LogP contribution in [0, 0.1) is 19.7 Å². The quantitative estimate of drug-likeness (QED) is 0.108. The number of carbonyl (C=O) groups excluding carboxylic acids is 2. The van der Waals surface area contributed by atoms with Crippen LogP contribution in [0.15, 0.2) is 98.9 Å². The molecule has 0 aliphatic heterocycles. The van der Waals surface area contributed by atoms with Crippen molar-refractivity contribution < 1.29 is 32.6 Å². The zero-order valence-corrected chi connectivity index (χ0v) is 26.8. The van der Waals surface area contributed by atoms with Crippen molar-refractivity contribution in [2.24, 2.45) is 5.10 Å². The minimum absolute atomic E-state index is 0.0435. The van der Waals surface area contributed by atoms with E-state index in [0.29, 0.717) is 33.0 Å². The van der Waals surface area contributed by atoms with Gasteiger partial charge in [0.2, 0.25) is 0 Å². The van der Waals surface area contributed by atoms with E-state index in [1.807, 2.05) is 24.3 Å². The Balaban J connectivity index is 1.17. The topological polar surface area (TPSA) is 116 Å². The van der Waals surface area contributed by atoms with Crippen molar-refractivity contribution >= 4 is 39.6 Å². The van der Waals surface area contributed by atoms with Gasteiger partial charge in [-0.25, -0.2) is 9.82 Å². The number of amides is 2. The molecule has 0 radical (unpaired) electrons. The molecule has 0 aliphatic carbocycles. The van der Waals surface area contributed by atoms with Crippen LogP contribution < -0.4 is 25.0 Å². The lowest BCUT2D eigenvalue weighted by atomic mass is 10.2. The molecule has 0 spiro atoms. The maximum atomic E-state index is 13.4. The number of nitrogens with zero attached hydrogens (tertiary/aromatic N) is 2. The molecule has 3 aromatic carbocycles. The Bertz CT molecular complexity index is 1860. The van der Waals surface area contributed by atoms with Gasteiger partial charge in [0, 0.05) is 32.8 Å². The highest BCUT2D eigenvalue weighted by Crippen LogP contribution is 2.34. The summed E-state index contributed by atoms with van der Waals surface area (Å²) in [6.45, 7) is 3.84. The van der Waals surface area contributed by atoms with E-state index < -0.39 is 24.2 Å². The van der Waals surface area contributed by atoms with Gasteiger partial charge >= 0.3 is 5.91 Å². The Morgan fingerprint density at radius 1 is 0.978 bits per heavy atom. The summed E-state index contributed by atoms with van der Waals surface area (Å²) < 4.78 is 38.9. The van der Waals surface area contributed by atoms with Crippen LogP contribution in [0.5, 0.6) is 17.2 Å². The first-order chi connectivity index (χ1) is 22.2. The number of nitrogens with one attached hydrogen (secondary N) is 2. The average molecular weight is 690 g/mol. The number of hydrogen-bond acceptors (Lipinski definition) is 7. The van der Waals surface area contributed by atoms with Gasteiger partial charge in [0.25, 0.3) is 5.91 Å². The molecule has 0 atom stereocenters. The minimum atomic E-state index is -0.580. The van der Waals surface area contributed by atoms with E-state index in [1.165, 1.54) is 37.6 Å².